The van der Waals surface area contributed by atoms with Crippen LogP contribution in [0.4, 0.5) is 0 Å². The lowest BCUT2D eigenvalue weighted by Gasteiger charge is -2.55. The molecule has 2 aliphatic carbocycles. The topological polar surface area (TPSA) is 90.8 Å². The first-order valence-electron chi connectivity index (χ1n) is 10.9. The van der Waals surface area contributed by atoms with Gasteiger partial charge in [0.25, 0.3) is 0 Å². The van der Waals surface area contributed by atoms with E-state index in [1.807, 2.05) is 31.2 Å². The molecule has 3 atom stereocenters. The molecule has 0 amide bonds. The third-order valence-corrected chi connectivity index (χ3v) is 7.62. The molecule has 0 unspecified atom stereocenters. The van der Waals surface area contributed by atoms with E-state index in [2.05, 4.69) is 11.9 Å². The van der Waals surface area contributed by atoms with Crippen molar-refractivity contribution in [2.45, 2.75) is 50.7 Å². The van der Waals surface area contributed by atoms with Gasteiger partial charge in [-0.25, -0.2) is 9.78 Å². The van der Waals surface area contributed by atoms with Crippen molar-refractivity contribution in [3.63, 3.8) is 0 Å². The first-order chi connectivity index (χ1) is 14.9. The Kier molecular flexibility index (Phi) is 4.79. The van der Waals surface area contributed by atoms with Crippen molar-refractivity contribution in [3.05, 3.63) is 52.5 Å². The summed E-state index contributed by atoms with van der Waals surface area (Å²) in [6.07, 6.45) is 3.12. The fourth-order valence-electron chi connectivity index (χ4n) is 6.18. The lowest BCUT2D eigenvalue weighted by atomic mass is 9.51. The number of carbonyl (C=O) groups excluding carboxylic acids is 1. The van der Waals surface area contributed by atoms with Gasteiger partial charge in [0.15, 0.2) is 5.79 Å². The Hall–Kier alpha value is -2.51. The summed E-state index contributed by atoms with van der Waals surface area (Å²) in [5, 5.41) is 10.6. The van der Waals surface area contributed by atoms with Crippen LogP contribution in [0.5, 0.6) is 5.88 Å². The van der Waals surface area contributed by atoms with Gasteiger partial charge in [-0.1, -0.05) is 19.1 Å². The maximum Gasteiger partial charge on any atom is 0.337 e. The quantitative estimate of drug-likeness (QED) is 0.740. The maximum atomic E-state index is 12.0. The second-order valence-electron chi connectivity index (χ2n) is 8.90. The number of fused-ring (bicyclic) bond motifs is 3. The van der Waals surface area contributed by atoms with Crippen molar-refractivity contribution in [2.75, 3.05) is 20.3 Å². The highest BCUT2D eigenvalue weighted by Crippen LogP contribution is 2.60. The van der Waals surface area contributed by atoms with E-state index in [-0.39, 0.29) is 23.7 Å². The first-order valence-corrected chi connectivity index (χ1v) is 10.9. The van der Waals surface area contributed by atoms with Gasteiger partial charge in [-0.2, -0.15) is 4.98 Å². The molecule has 1 N–H and O–H groups in total. The highest BCUT2D eigenvalue weighted by atomic mass is 16.7. The van der Waals surface area contributed by atoms with Gasteiger partial charge in [-0.3, -0.25) is 0 Å². The van der Waals surface area contributed by atoms with Crippen molar-refractivity contribution in [3.8, 4) is 5.88 Å². The standard InChI is InChI=1S/C24H28N2O5/c1-14-19-9-8-18-20(25-15(2)26-21(18)27)23(19,10-11-24(14)30-12-13-31-24)17-6-4-16(5-7-17)22(28)29-3/h4-7,14,19H,8-13H2,1-3H3,(H,25,26,27)/t14-,19-,23+/m0/s1. The monoisotopic (exact) mass is 424 g/mol. The molecule has 1 aromatic heterocycles. The molecule has 1 saturated heterocycles. The number of aromatic nitrogens is 2. The number of nitrogens with zero attached hydrogens (tertiary/aromatic N) is 2. The van der Waals surface area contributed by atoms with E-state index in [1.165, 1.54) is 7.11 Å². The van der Waals surface area contributed by atoms with Crippen LogP contribution < -0.4 is 0 Å². The van der Waals surface area contributed by atoms with Crippen molar-refractivity contribution < 1.29 is 24.1 Å². The molecule has 1 aromatic carbocycles. The molecule has 1 aliphatic heterocycles. The van der Waals surface area contributed by atoms with Gasteiger partial charge in [0.1, 0.15) is 5.82 Å². The van der Waals surface area contributed by atoms with Gasteiger partial charge in [-0.15, -0.1) is 0 Å². The predicted molar refractivity (Wildman–Crippen MR) is 112 cm³/mol. The van der Waals surface area contributed by atoms with Gasteiger partial charge in [0, 0.05) is 23.3 Å². The van der Waals surface area contributed by atoms with Crippen LogP contribution in [-0.2, 0) is 26.0 Å². The zero-order valence-corrected chi connectivity index (χ0v) is 18.2. The molecule has 2 aromatic rings. The summed E-state index contributed by atoms with van der Waals surface area (Å²) in [5.74, 6) is 0.0850. The van der Waals surface area contributed by atoms with E-state index in [0.717, 1.165) is 36.1 Å². The van der Waals surface area contributed by atoms with E-state index in [4.69, 9.17) is 19.2 Å². The van der Waals surface area contributed by atoms with E-state index < -0.39 is 11.2 Å². The molecule has 2 fully saturated rings. The van der Waals surface area contributed by atoms with E-state index in [1.54, 1.807) is 0 Å². The van der Waals surface area contributed by atoms with Crippen molar-refractivity contribution >= 4 is 5.97 Å². The number of rotatable bonds is 2. The fraction of sp³-hybridized carbons (Fsp3) is 0.542. The number of carbonyl (C=O) groups is 1. The first kappa shape index (κ1) is 20.4. The Morgan fingerprint density at radius 1 is 1.16 bits per heavy atom. The minimum atomic E-state index is -0.554. The molecule has 2 heterocycles. The second kappa shape index (κ2) is 7.28. The van der Waals surface area contributed by atoms with Crippen LogP contribution in [0.25, 0.3) is 0 Å². The molecule has 7 nitrogen and oxygen atoms in total. The van der Waals surface area contributed by atoms with Crippen LogP contribution in [0.3, 0.4) is 0 Å². The lowest BCUT2D eigenvalue weighted by Crippen LogP contribution is -2.57. The average Bonchev–Trinajstić information content (AvgIpc) is 3.25. The van der Waals surface area contributed by atoms with Crippen molar-refractivity contribution in [2.24, 2.45) is 11.8 Å². The van der Waals surface area contributed by atoms with E-state index in [0.29, 0.717) is 31.0 Å². The van der Waals surface area contributed by atoms with Crippen LogP contribution in [-0.4, -0.2) is 47.2 Å². The molecular weight excluding hydrogens is 396 g/mol. The zero-order chi connectivity index (χ0) is 21.8. The summed E-state index contributed by atoms with van der Waals surface area (Å²) < 4.78 is 17.2. The largest absolute Gasteiger partial charge is 0.493 e. The summed E-state index contributed by atoms with van der Waals surface area (Å²) in [5.41, 5.74) is 2.92. The van der Waals surface area contributed by atoms with E-state index >= 15 is 0 Å². The third-order valence-electron chi connectivity index (χ3n) is 7.62. The van der Waals surface area contributed by atoms with Crippen LogP contribution in [0.1, 0.15) is 59.2 Å². The predicted octanol–water partition coefficient (Wildman–Crippen LogP) is 3.30. The summed E-state index contributed by atoms with van der Waals surface area (Å²) in [6.45, 7) is 5.27. The van der Waals surface area contributed by atoms with Crippen LogP contribution >= 0.6 is 0 Å². The normalized spacial score (nSPS) is 28.7. The number of hydrogen-bond donors (Lipinski definition) is 1. The fourth-order valence-corrected chi connectivity index (χ4v) is 6.18. The Morgan fingerprint density at radius 2 is 1.87 bits per heavy atom. The number of esters is 1. The smallest absolute Gasteiger partial charge is 0.337 e. The van der Waals surface area contributed by atoms with Crippen molar-refractivity contribution in [1.29, 1.82) is 0 Å². The number of ether oxygens (including phenoxy) is 3. The number of aromatic hydroxyl groups is 1. The second-order valence-corrected chi connectivity index (χ2v) is 8.90. The molecular formula is C24H28N2O5. The molecule has 31 heavy (non-hydrogen) atoms. The summed E-state index contributed by atoms with van der Waals surface area (Å²) in [4.78, 5) is 21.1. The average molecular weight is 424 g/mol. The highest BCUT2D eigenvalue weighted by Gasteiger charge is 2.60. The lowest BCUT2D eigenvalue weighted by molar-refractivity contribution is -0.232. The van der Waals surface area contributed by atoms with Gasteiger partial charge >= 0.3 is 5.97 Å². The Bertz CT molecular complexity index is 1020. The van der Waals surface area contributed by atoms with Crippen LogP contribution in [0, 0.1) is 18.8 Å². The highest BCUT2D eigenvalue weighted by molar-refractivity contribution is 5.89. The number of hydrogen-bond acceptors (Lipinski definition) is 7. The Labute approximate surface area is 181 Å². The van der Waals surface area contributed by atoms with Gasteiger partial charge in [0.05, 0.1) is 31.6 Å². The molecule has 7 heteroatoms. The molecule has 0 radical (unpaired) electrons. The SMILES string of the molecule is COC(=O)c1ccc([C@]23CCC4(OCCO4)[C@@H](C)[C@@H]2CCc2c(O)nc(C)nc23)cc1. The minimum absolute atomic E-state index is 0.0767. The molecule has 1 spiro atoms. The van der Waals surface area contributed by atoms with Crippen molar-refractivity contribution in [1.82, 2.24) is 9.97 Å². The number of aryl methyl sites for hydroxylation is 1. The molecule has 5 rings (SSSR count). The summed E-state index contributed by atoms with van der Waals surface area (Å²) >= 11 is 0. The van der Waals surface area contributed by atoms with Gasteiger partial charge in [-0.05, 0) is 49.8 Å². The summed E-state index contributed by atoms with van der Waals surface area (Å²) in [6, 6.07) is 7.63. The van der Waals surface area contributed by atoms with Crippen LogP contribution in [0.15, 0.2) is 24.3 Å². The Balaban J connectivity index is 1.69. The summed E-state index contributed by atoms with van der Waals surface area (Å²) in [7, 11) is 1.38. The third kappa shape index (κ3) is 2.90. The van der Waals surface area contributed by atoms with E-state index in [9.17, 15) is 9.90 Å². The number of benzene rings is 1. The molecule has 0 bridgehead atoms. The molecule has 3 aliphatic rings. The minimum Gasteiger partial charge on any atom is -0.493 e. The Morgan fingerprint density at radius 3 is 2.55 bits per heavy atom. The molecule has 164 valence electrons. The number of methoxy groups -OCH3 is 1. The van der Waals surface area contributed by atoms with Gasteiger partial charge < -0.3 is 19.3 Å². The zero-order valence-electron chi connectivity index (χ0n) is 18.2. The van der Waals surface area contributed by atoms with Gasteiger partial charge in [0.2, 0.25) is 5.88 Å². The van der Waals surface area contributed by atoms with Crippen LogP contribution in [0.2, 0.25) is 0 Å². The maximum absolute atomic E-state index is 12.0. The molecule has 1 saturated carbocycles.